The average molecular weight is 1910 g/mol. The van der Waals surface area contributed by atoms with Crippen molar-refractivity contribution in [2.75, 3.05) is 65.4 Å². The standard InChI is InChI=1S/C92H130N24O19S/c1-10-12-25-71-84(128)103-61(24-18-34-98-92(95)96)80(124)110-69(79(123)100-45-76(94)120)48-136-49-77(121)102-65(38-53-30-32-57(118)33-31-53)87(131)112(7)52(5)78(122)106-67(42-75(93)119)90(134)116-36-20-29-73(116)86(130)105-63(41-56-44-97-50-101-56)82(126)107-64(37-51(3)4)89(133)115-35-19-28-72(115)85(129)104-62(39-54-43-99-60-23-16-14-21-58(54)60)81(125)109-68(47-117)83(127)108-66(40-55-46-111(6)70-27-17-15-22-59(55)70)88(132)114(9)74(26-13-11-2)91(135)113(71)8/h14-17,21-23,27,30-33,43-44,46,50-52,61-69,71-74,99,117-118H,10-13,18-20,24-26,28-29,34-42,45,47-49H2,1-9H3,(H2,93,119)(H2,94,120)(H,97,101)(H,100,123)(H,102,121)(H,103,128)(H,104,129)(H,105,130)(H,106,122)(H,107,126)(H,108,127)(H,109,125)(H,110,124)(H4,95,96,98)/t52-,61-,62-,63-,64-,65-,66-,67-,68-,69-,71-,72-,73-,74-/m0/s1. The van der Waals surface area contributed by atoms with Gasteiger partial charge in [-0.3, -0.25) is 86.9 Å². The maximum absolute atomic E-state index is 15.8. The molecule has 136 heavy (non-hydrogen) atoms. The van der Waals surface area contributed by atoms with Gasteiger partial charge < -0.3 is 125 Å². The summed E-state index contributed by atoms with van der Waals surface area (Å²) in [4.78, 5) is 267. The molecule has 0 saturated carbocycles. The number of H-pyrrole nitrogens is 2. The van der Waals surface area contributed by atoms with Crippen LogP contribution in [0.2, 0.25) is 0 Å². The smallest absolute Gasteiger partial charge is 0.246 e. The van der Waals surface area contributed by atoms with Crippen molar-refractivity contribution in [3.63, 3.8) is 0 Å². The number of guanidine groups is 1. The van der Waals surface area contributed by atoms with Crippen LogP contribution in [0.1, 0.15) is 147 Å². The van der Waals surface area contributed by atoms with E-state index >= 15 is 38.4 Å². The highest BCUT2D eigenvalue weighted by Crippen LogP contribution is 2.29. The second kappa shape index (κ2) is 50.6. The molecule has 22 N–H and O–H groups in total. The van der Waals surface area contributed by atoms with Gasteiger partial charge in [0, 0.05) is 125 Å². The fourth-order valence-electron chi connectivity index (χ4n) is 17.1. The van der Waals surface area contributed by atoms with Crippen LogP contribution < -0.4 is 75.7 Å². The van der Waals surface area contributed by atoms with E-state index in [2.05, 4.69) is 73.4 Å². The number of phenolic OH excluding ortho intramolecular Hbond substituents is 1. The highest BCUT2D eigenvalue weighted by atomic mass is 32.2. The third kappa shape index (κ3) is 29.2. The molecule has 0 unspecified atom stereocenters. The summed E-state index contributed by atoms with van der Waals surface area (Å²) in [6.07, 6.45) is 6.35. The third-order valence-corrected chi connectivity index (χ3v) is 25.6. The van der Waals surface area contributed by atoms with Crippen LogP contribution in [-0.4, -0.2) is 311 Å². The SMILES string of the molecule is CCCC[C@H]1C(=O)N(C)[C@@H](CCCC)C(=O)N[C@@H](CCCNC(=N)N)C(=O)N[C@H](C(=O)NCC(N)=O)CSCC(=O)N[C@@H](Cc2ccc(O)cc2)C(=O)N(C)[C@@H](C)C(=O)N[C@@H](CC(N)=O)C(=O)N2CCC[C@H]2C(=O)N[C@@H](Cc2cnc[nH]2)C(=O)N[C@@H](CC(C)C)C(=O)N2CCC[C@H]2C(=O)N[C@@H](Cc2c[nH]c3ccccc23)C(=O)N[C@@H](CO)C(=O)N[C@@H](Cc2cn(C)c3ccccc23)C(=O)N1C. The van der Waals surface area contributed by atoms with Crippen molar-refractivity contribution in [1.29, 1.82) is 5.41 Å². The van der Waals surface area contributed by atoms with Gasteiger partial charge in [0.15, 0.2) is 5.96 Å². The molecule has 44 heteroatoms. The monoisotopic (exact) mass is 1910 g/mol. The number of unbranched alkanes of at least 4 members (excludes halogenated alkanes) is 2. The number of carbonyl (C=O) groups excluding carboxylic acids is 17. The van der Waals surface area contributed by atoms with Crippen LogP contribution in [-0.2, 0) is 114 Å². The first-order valence-electron chi connectivity index (χ1n) is 45.9. The summed E-state index contributed by atoms with van der Waals surface area (Å²) in [5.41, 5.74) is 20.1. The minimum Gasteiger partial charge on any atom is -0.508 e. The molecule has 43 nitrogen and oxygen atoms in total. The molecule has 0 aliphatic carbocycles. The molecule has 3 aliphatic rings. The second-order valence-electron chi connectivity index (χ2n) is 35.2. The van der Waals surface area contributed by atoms with E-state index in [0.717, 1.165) is 36.9 Å². The van der Waals surface area contributed by atoms with E-state index in [9.17, 15) is 53.4 Å². The van der Waals surface area contributed by atoms with Gasteiger partial charge in [-0.05, 0) is 112 Å². The maximum Gasteiger partial charge on any atom is 0.246 e. The minimum absolute atomic E-state index is 0.00294. The maximum atomic E-state index is 15.8. The fourth-order valence-corrected chi connectivity index (χ4v) is 17.9. The molecule has 738 valence electrons. The van der Waals surface area contributed by atoms with Crippen molar-refractivity contribution in [2.24, 2.45) is 30.2 Å². The molecular formula is C92H130N24O19S. The molecule has 0 bridgehead atoms. The zero-order valence-electron chi connectivity index (χ0n) is 78.2. The normalized spacial score (nSPS) is 24.1. The van der Waals surface area contributed by atoms with Crippen molar-refractivity contribution in [1.82, 2.24) is 103 Å². The Kier molecular flexibility index (Phi) is 39.4. The largest absolute Gasteiger partial charge is 0.508 e. The lowest BCUT2D eigenvalue weighted by molar-refractivity contribution is -0.149. The van der Waals surface area contributed by atoms with Gasteiger partial charge in [-0.1, -0.05) is 102 Å². The van der Waals surface area contributed by atoms with Gasteiger partial charge in [0.2, 0.25) is 100 Å². The topological polar surface area (TPSA) is 630 Å². The van der Waals surface area contributed by atoms with Crippen molar-refractivity contribution in [3.8, 4) is 5.75 Å². The summed E-state index contributed by atoms with van der Waals surface area (Å²) < 4.78 is 1.82. The van der Waals surface area contributed by atoms with Gasteiger partial charge in [0.1, 0.15) is 90.3 Å². The number of nitrogens with two attached hydrogens (primary N) is 3. The number of fused-ring (bicyclic) bond motifs is 4. The van der Waals surface area contributed by atoms with E-state index in [-0.39, 0.29) is 115 Å². The first-order chi connectivity index (χ1) is 64.8. The molecule has 0 spiro atoms. The van der Waals surface area contributed by atoms with Gasteiger partial charge in [0.25, 0.3) is 0 Å². The van der Waals surface area contributed by atoms with E-state index in [1.807, 2.05) is 36.6 Å². The molecule has 17 amide bonds. The Bertz CT molecular complexity index is 5260. The molecule has 3 saturated heterocycles. The molecule has 9 rings (SSSR count). The number of nitrogens with one attached hydrogen (secondary N) is 14. The average Bonchev–Trinajstić information content (AvgIpc) is 1.54. The first kappa shape index (κ1) is 106. The van der Waals surface area contributed by atoms with Gasteiger partial charge >= 0.3 is 0 Å². The van der Waals surface area contributed by atoms with Gasteiger partial charge in [0.05, 0.1) is 31.7 Å². The number of nitrogens with zero attached hydrogens (tertiary/aromatic N) is 7. The van der Waals surface area contributed by atoms with Crippen LogP contribution in [0, 0.1) is 11.3 Å². The van der Waals surface area contributed by atoms with Gasteiger partial charge in [-0.15, -0.1) is 11.8 Å². The van der Waals surface area contributed by atoms with E-state index in [0.29, 0.717) is 64.4 Å². The summed E-state index contributed by atoms with van der Waals surface area (Å²) in [5, 5.41) is 60.1. The number of aliphatic hydroxyl groups excluding tert-OH is 1. The van der Waals surface area contributed by atoms with E-state index in [1.165, 1.54) is 69.8 Å². The van der Waals surface area contributed by atoms with E-state index < -0.39 is 222 Å². The van der Waals surface area contributed by atoms with E-state index in [4.69, 9.17) is 22.6 Å². The highest BCUT2D eigenvalue weighted by Gasteiger charge is 2.46. The number of amides is 17. The number of aliphatic hydroxyl groups is 1. The van der Waals surface area contributed by atoms with Crippen LogP contribution in [0.25, 0.3) is 21.8 Å². The number of thioether (sulfide) groups is 1. The summed E-state index contributed by atoms with van der Waals surface area (Å²) >= 11 is 0.767. The van der Waals surface area contributed by atoms with Crippen LogP contribution in [0.15, 0.2) is 97.7 Å². The number of benzene rings is 3. The number of hydrogen-bond acceptors (Lipinski definition) is 22. The number of primary amides is 2. The molecule has 3 aromatic heterocycles. The van der Waals surface area contributed by atoms with Crippen LogP contribution in [0.5, 0.6) is 5.75 Å². The highest BCUT2D eigenvalue weighted by molar-refractivity contribution is 8.00. The van der Waals surface area contributed by atoms with Crippen molar-refractivity contribution < 1.29 is 91.7 Å². The third-order valence-electron chi connectivity index (χ3n) is 24.6. The number of para-hydroxylation sites is 2. The lowest BCUT2D eigenvalue weighted by Gasteiger charge is -2.36. The Balaban J connectivity index is 1.10. The van der Waals surface area contributed by atoms with Crippen LogP contribution in [0.3, 0.4) is 0 Å². The number of aromatic hydroxyl groups is 1. The fraction of sp³-hybridized carbons (Fsp3) is 0.533. The minimum atomic E-state index is -1.85. The number of aryl methyl sites for hydroxylation is 1. The van der Waals surface area contributed by atoms with Gasteiger partial charge in [-0.2, -0.15) is 0 Å². The van der Waals surface area contributed by atoms with Crippen molar-refractivity contribution >= 4 is 140 Å². The zero-order chi connectivity index (χ0) is 99.3. The summed E-state index contributed by atoms with van der Waals surface area (Å²) in [5.74, 6) is -17.3. The number of likely N-dealkylation sites (N-methyl/N-ethyl adjacent to an activating group) is 3. The zero-order valence-corrected chi connectivity index (χ0v) is 79.0. The van der Waals surface area contributed by atoms with Crippen LogP contribution >= 0.6 is 11.8 Å². The van der Waals surface area contributed by atoms with Crippen molar-refractivity contribution in [2.45, 2.75) is 235 Å². The Labute approximate surface area is 791 Å². The predicted octanol–water partition coefficient (Wildman–Crippen LogP) is -1.89. The summed E-state index contributed by atoms with van der Waals surface area (Å²) in [6, 6.07) is -1.23. The number of phenols is 1. The first-order valence-corrected chi connectivity index (χ1v) is 47.0. The quantitative estimate of drug-likeness (QED) is 0.0160. The molecule has 3 aliphatic heterocycles. The lowest BCUT2D eigenvalue weighted by Crippen LogP contribution is -2.62. The number of imidazole rings is 1. The Morgan fingerprint density at radius 3 is 1.70 bits per heavy atom. The van der Waals surface area contributed by atoms with E-state index in [1.54, 1.807) is 63.6 Å². The molecule has 0 radical (unpaired) electrons. The number of hydrogen-bond donors (Lipinski definition) is 19. The lowest BCUT2D eigenvalue weighted by atomic mass is 10.00. The molecular weight excluding hydrogens is 1780 g/mol. The van der Waals surface area contributed by atoms with Crippen molar-refractivity contribution in [3.05, 3.63) is 120 Å². The Hall–Kier alpha value is -13.7. The number of rotatable bonds is 26. The molecule has 6 heterocycles. The number of carbonyl (C=O) groups is 17. The molecule has 14 atom stereocenters. The summed E-state index contributed by atoms with van der Waals surface area (Å²) in [7, 11) is 5.73. The summed E-state index contributed by atoms with van der Waals surface area (Å²) in [6.45, 7) is 6.66. The predicted molar refractivity (Wildman–Crippen MR) is 503 cm³/mol. The second-order valence-corrected chi connectivity index (χ2v) is 36.2. The Morgan fingerprint density at radius 1 is 0.544 bits per heavy atom. The number of aromatic amines is 2. The molecule has 3 fully saturated rings. The van der Waals surface area contributed by atoms with Gasteiger partial charge in [-0.25, -0.2) is 4.98 Å². The molecule has 3 aromatic carbocycles. The number of aromatic nitrogens is 4. The Morgan fingerprint density at radius 2 is 1.09 bits per heavy atom. The molecule has 6 aromatic rings. The van der Waals surface area contributed by atoms with Crippen LogP contribution in [0.4, 0.5) is 0 Å².